The average molecular weight is 499 g/mol. The Morgan fingerprint density at radius 1 is 1.17 bits per heavy atom. The van der Waals surface area contributed by atoms with Crippen LogP contribution in [-0.4, -0.2) is 56.6 Å². The van der Waals surface area contributed by atoms with E-state index in [1.807, 2.05) is 24.8 Å². The second kappa shape index (κ2) is 9.79. The maximum atomic E-state index is 15.1. The molecule has 0 radical (unpaired) electrons. The number of nitrogens with zero attached hydrogens (tertiary/aromatic N) is 4. The van der Waals surface area contributed by atoms with Gasteiger partial charge in [-0.2, -0.15) is 10.1 Å². The molecule has 4 heterocycles. The molecule has 2 saturated heterocycles. The fourth-order valence-corrected chi connectivity index (χ4v) is 4.74. The maximum Gasteiger partial charge on any atom is 0.239 e. The number of carbonyl (C=O) groups excluding carboxylic acids is 1. The lowest BCUT2D eigenvalue weighted by molar-refractivity contribution is -0.136. The van der Waals surface area contributed by atoms with Crippen molar-refractivity contribution in [2.24, 2.45) is 0 Å². The van der Waals surface area contributed by atoms with Gasteiger partial charge >= 0.3 is 0 Å². The Morgan fingerprint density at radius 3 is 2.60 bits per heavy atom. The lowest BCUT2D eigenvalue weighted by Gasteiger charge is -2.37. The third kappa shape index (κ3) is 5.08. The summed E-state index contributed by atoms with van der Waals surface area (Å²) in [6.07, 6.45) is 4.02. The van der Waals surface area contributed by atoms with Gasteiger partial charge in [0.2, 0.25) is 11.9 Å². The molecule has 5 rings (SSSR count). The number of H-pyrrole nitrogens is 1. The van der Waals surface area contributed by atoms with Gasteiger partial charge in [0, 0.05) is 24.8 Å². The Hall–Kier alpha value is -3.24. The fraction of sp³-hybridized carbons (Fsp3) is 0.417. The summed E-state index contributed by atoms with van der Waals surface area (Å²) in [5.74, 6) is 1.18. The number of hydrogen-bond donors (Lipinski definition) is 4. The molecule has 0 aliphatic carbocycles. The highest BCUT2D eigenvalue weighted by Crippen LogP contribution is 2.34. The summed E-state index contributed by atoms with van der Waals surface area (Å²) >= 11 is 6.22. The molecule has 2 aliphatic heterocycles. The maximum absolute atomic E-state index is 15.1. The molecular weight excluding hydrogens is 471 g/mol. The molecule has 184 valence electrons. The van der Waals surface area contributed by atoms with Crippen LogP contribution in [0.5, 0.6) is 0 Å². The predicted octanol–water partition coefficient (Wildman–Crippen LogP) is 4.16. The van der Waals surface area contributed by atoms with E-state index in [9.17, 15) is 4.79 Å². The van der Waals surface area contributed by atoms with E-state index < -0.39 is 0 Å². The number of likely N-dealkylation sites (tertiary alicyclic amines) is 1. The van der Waals surface area contributed by atoms with E-state index in [4.69, 9.17) is 11.6 Å². The largest absolute Gasteiger partial charge is 0.341 e. The summed E-state index contributed by atoms with van der Waals surface area (Å²) in [6.45, 7) is 6.18. The van der Waals surface area contributed by atoms with Crippen molar-refractivity contribution in [1.29, 1.82) is 0 Å². The predicted molar refractivity (Wildman–Crippen MR) is 133 cm³/mol. The smallest absolute Gasteiger partial charge is 0.239 e. The minimum atomic E-state index is -0.376. The van der Waals surface area contributed by atoms with E-state index in [0.717, 1.165) is 42.6 Å². The molecule has 0 unspecified atom stereocenters. The van der Waals surface area contributed by atoms with Gasteiger partial charge < -0.3 is 20.9 Å². The van der Waals surface area contributed by atoms with Gasteiger partial charge in [-0.3, -0.25) is 9.89 Å². The number of halogens is 2. The summed E-state index contributed by atoms with van der Waals surface area (Å²) in [5, 5.41) is 16.4. The highest BCUT2D eigenvalue weighted by atomic mass is 35.5. The number of aromatic nitrogens is 4. The Kier molecular flexibility index (Phi) is 6.57. The molecule has 2 aromatic heterocycles. The van der Waals surface area contributed by atoms with Gasteiger partial charge in [0.05, 0.1) is 17.9 Å². The second-order valence-corrected chi connectivity index (χ2v) is 9.57. The van der Waals surface area contributed by atoms with Gasteiger partial charge in [0.1, 0.15) is 10.8 Å². The van der Waals surface area contributed by atoms with Crippen molar-refractivity contribution in [2.75, 3.05) is 30.3 Å². The van der Waals surface area contributed by atoms with Crippen LogP contribution < -0.4 is 16.0 Å². The van der Waals surface area contributed by atoms with Crippen molar-refractivity contribution in [2.45, 2.75) is 45.1 Å². The number of nitrogens with one attached hydrogen (secondary N) is 4. The molecule has 35 heavy (non-hydrogen) atoms. The van der Waals surface area contributed by atoms with Crippen LogP contribution >= 0.6 is 11.6 Å². The average Bonchev–Trinajstić information content (AvgIpc) is 3.21. The van der Waals surface area contributed by atoms with Crippen LogP contribution in [0.1, 0.15) is 42.0 Å². The Bertz CT molecular complexity index is 1240. The normalized spacial score (nSPS) is 18.3. The summed E-state index contributed by atoms with van der Waals surface area (Å²) in [5.41, 5.74) is 3.15. The van der Waals surface area contributed by atoms with Gasteiger partial charge in [0.15, 0.2) is 11.6 Å². The first-order valence-corrected chi connectivity index (χ1v) is 12.2. The van der Waals surface area contributed by atoms with Crippen LogP contribution in [0.25, 0.3) is 0 Å². The zero-order valence-electron chi connectivity index (χ0n) is 19.7. The first kappa shape index (κ1) is 23.5. The van der Waals surface area contributed by atoms with Crippen molar-refractivity contribution >= 4 is 40.8 Å². The van der Waals surface area contributed by atoms with Crippen molar-refractivity contribution < 1.29 is 9.18 Å². The molecular formula is C24H28ClFN8O. The summed E-state index contributed by atoms with van der Waals surface area (Å²) in [6, 6.07) is 5.17. The number of benzene rings is 1. The monoisotopic (exact) mass is 498 g/mol. The van der Waals surface area contributed by atoms with Crippen LogP contribution in [0.4, 0.5) is 27.7 Å². The topological polar surface area (TPSA) is 111 Å². The van der Waals surface area contributed by atoms with E-state index in [1.54, 1.807) is 12.1 Å². The van der Waals surface area contributed by atoms with Crippen LogP contribution in [0.2, 0.25) is 5.02 Å². The van der Waals surface area contributed by atoms with Crippen LogP contribution in [-0.2, 0) is 4.79 Å². The fourth-order valence-electron chi connectivity index (χ4n) is 4.60. The Morgan fingerprint density at radius 2 is 1.94 bits per heavy atom. The molecule has 4 N–H and O–H groups in total. The van der Waals surface area contributed by atoms with E-state index in [1.165, 1.54) is 6.20 Å². The standard InChI is InChI=1S/C24H28ClFN8O/c1-13-9-20(29-24-28-12-17(25)22(31-24)30-21-10-14(2)32-33-21)18(26)11-16(13)15-4-7-34(8-5-15)23(35)19-3-6-27-19/h9-12,15,19,27H,3-8H2,1-2H3,(H3,28,29,30,31,32,33)/t19-/m0/s1. The first-order chi connectivity index (χ1) is 16.9. The van der Waals surface area contributed by atoms with Crippen LogP contribution in [0.3, 0.4) is 0 Å². The number of aryl methyl sites for hydroxylation is 2. The number of hydrogen-bond acceptors (Lipinski definition) is 7. The van der Waals surface area contributed by atoms with E-state index in [2.05, 4.69) is 36.1 Å². The van der Waals surface area contributed by atoms with E-state index in [-0.39, 0.29) is 29.6 Å². The van der Waals surface area contributed by atoms with Crippen molar-refractivity contribution in [3.8, 4) is 0 Å². The number of aromatic amines is 1. The third-order valence-electron chi connectivity index (χ3n) is 6.67. The summed E-state index contributed by atoms with van der Waals surface area (Å²) in [7, 11) is 0. The van der Waals surface area contributed by atoms with Gasteiger partial charge in [0.25, 0.3) is 0 Å². The molecule has 2 aliphatic rings. The molecule has 1 amide bonds. The molecule has 11 heteroatoms. The first-order valence-electron chi connectivity index (χ1n) is 11.8. The highest BCUT2D eigenvalue weighted by Gasteiger charge is 2.32. The molecule has 1 atom stereocenters. The molecule has 0 saturated carbocycles. The zero-order valence-corrected chi connectivity index (χ0v) is 20.4. The molecule has 0 bridgehead atoms. The van der Waals surface area contributed by atoms with Crippen LogP contribution in [0, 0.1) is 19.7 Å². The Labute approximate surface area is 207 Å². The lowest BCUT2D eigenvalue weighted by Crippen LogP contribution is -2.55. The van der Waals surface area contributed by atoms with Crippen molar-refractivity contribution in [3.05, 3.63) is 52.1 Å². The SMILES string of the molecule is Cc1cc(Nc2nc(Nc3cc(C)c(C4CCN(C(=O)[C@@H]5CCN5)CC4)cc3F)ncc2Cl)n[nH]1. The van der Waals surface area contributed by atoms with Crippen LogP contribution in [0.15, 0.2) is 24.4 Å². The highest BCUT2D eigenvalue weighted by molar-refractivity contribution is 6.32. The minimum absolute atomic E-state index is 0.0229. The van der Waals surface area contributed by atoms with Gasteiger partial charge in [-0.15, -0.1) is 0 Å². The van der Waals surface area contributed by atoms with Gasteiger partial charge in [-0.1, -0.05) is 11.6 Å². The van der Waals surface area contributed by atoms with Crippen molar-refractivity contribution in [3.63, 3.8) is 0 Å². The summed E-state index contributed by atoms with van der Waals surface area (Å²) < 4.78 is 15.1. The number of piperidine rings is 1. The lowest BCUT2D eigenvalue weighted by atomic mass is 9.86. The second-order valence-electron chi connectivity index (χ2n) is 9.16. The van der Waals surface area contributed by atoms with E-state index >= 15 is 4.39 Å². The quantitative estimate of drug-likeness (QED) is 0.403. The Balaban J connectivity index is 1.27. The van der Waals surface area contributed by atoms with Gasteiger partial charge in [-0.25, -0.2) is 9.37 Å². The zero-order chi connectivity index (χ0) is 24.5. The number of amides is 1. The molecule has 2 fully saturated rings. The molecule has 3 aromatic rings. The third-order valence-corrected chi connectivity index (χ3v) is 6.94. The summed E-state index contributed by atoms with van der Waals surface area (Å²) in [4.78, 5) is 23.0. The van der Waals surface area contributed by atoms with E-state index in [0.29, 0.717) is 35.4 Å². The molecule has 9 nitrogen and oxygen atoms in total. The molecule has 1 aromatic carbocycles. The van der Waals surface area contributed by atoms with Crippen molar-refractivity contribution in [1.82, 2.24) is 30.4 Å². The van der Waals surface area contributed by atoms with Gasteiger partial charge in [-0.05, 0) is 68.8 Å². The number of rotatable bonds is 6. The minimum Gasteiger partial charge on any atom is -0.341 e. The number of anilines is 4. The number of carbonyl (C=O) groups is 1. The molecule has 0 spiro atoms.